The number of piperidine rings is 1. The molecule has 1 atom stereocenters. The Morgan fingerprint density at radius 3 is 2.79 bits per heavy atom. The summed E-state index contributed by atoms with van der Waals surface area (Å²) in [6, 6.07) is 2.27. The van der Waals surface area contributed by atoms with Gasteiger partial charge in [0, 0.05) is 48.5 Å². The molecule has 0 bridgehead atoms. The number of nitrogens with zero attached hydrogens (tertiary/aromatic N) is 3. The Morgan fingerprint density at radius 2 is 2.00 bits per heavy atom. The van der Waals surface area contributed by atoms with Gasteiger partial charge in [0.05, 0.1) is 11.6 Å². The van der Waals surface area contributed by atoms with Crippen molar-refractivity contribution in [2.45, 2.75) is 37.6 Å². The number of dihydropyridines is 1. The van der Waals surface area contributed by atoms with Crippen LogP contribution in [0.2, 0.25) is 0 Å². The second kappa shape index (κ2) is 6.89. The minimum absolute atomic E-state index is 0.104. The number of rotatable bonds is 4. The van der Waals surface area contributed by atoms with Gasteiger partial charge in [0.2, 0.25) is 5.91 Å². The maximum Gasteiger partial charge on any atom is 0.270 e. The first-order valence-electron chi connectivity index (χ1n) is 9.97. The number of aliphatic imine (C=N–C) groups is 1. The molecule has 1 aromatic heterocycles. The molecule has 1 aromatic rings. The van der Waals surface area contributed by atoms with Gasteiger partial charge in [0.15, 0.2) is 5.82 Å². The molecule has 1 unspecified atom stereocenters. The van der Waals surface area contributed by atoms with E-state index in [4.69, 9.17) is 0 Å². The van der Waals surface area contributed by atoms with E-state index in [2.05, 4.69) is 31.5 Å². The van der Waals surface area contributed by atoms with Gasteiger partial charge in [0.25, 0.3) is 5.91 Å². The van der Waals surface area contributed by atoms with Crippen LogP contribution in [0.15, 0.2) is 47.0 Å². The maximum atomic E-state index is 12.8. The highest BCUT2D eigenvalue weighted by Crippen LogP contribution is 2.40. The molecule has 5 rings (SSSR count). The zero-order valence-corrected chi connectivity index (χ0v) is 15.6. The van der Waals surface area contributed by atoms with Gasteiger partial charge in [-0.15, -0.1) is 0 Å². The van der Waals surface area contributed by atoms with Gasteiger partial charge >= 0.3 is 0 Å². The van der Waals surface area contributed by atoms with Crippen LogP contribution in [0.5, 0.6) is 0 Å². The molecule has 0 aromatic carbocycles. The van der Waals surface area contributed by atoms with Crippen LogP contribution in [-0.2, 0) is 9.59 Å². The fourth-order valence-electron chi connectivity index (χ4n) is 4.10. The third-order valence-corrected chi connectivity index (χ3v) is 5.87. The van der Waals surface area contributed by atoms with Crippen molar-refractivity contribution >= 4 is 23.3 Å². The van der Waals surface area contributed by atoms with Crippen molar-refractivity contribution in [3.8, 4) is 0 Å². The number of carbonyl (C=O) groups is 2. The van der Waals surface area contributed by atoms with Crippen molar-refractivity contribution in [3.63, 3.8) is 0 Å². The van der Waals surface area contributed by atoms with E-state index in [0.29, 0.717) is 17.2 Å². The highest BCUT2D eigenvalue weighted by Gasteiger charge is 2.31. The van der Waals surface area contributed by atoms with E-state index in [1.165, 1.54) is 24.6 Å². The number of allylic oxidation sites excluding steroid dienone is 4. The van der Waals surface area contributed by atoms with Gasteiger partial charge in [-0.05, 0) is 31.8 Å². The number of nitrogens with one attached hydrogen (secondary N) is 2. The Morgan fingerprint density at radius 1 is 1.18 bits per heavy atom. The van der Waals surface area contributed by atoms with E-state index in [1.807, 2.05) is 18.2 Å². The van der Waals surface area contributed by atoms with Crippen molar-refractivity contribution < 1.29 is 9.59 Å². The fourth-order valence-corrected chi connectivity index (χ4v) is 4.10. The highest BCUT2D eigenvalue weighted by atomic mass is 16.2. The molecule has 2 fully saturated rings. The molecule has 2 aliphatic heterocycles. The Kier molecular flexibility index (Phi) is 4.22. The maximum absolute atomic E-state index is 12.8. The molecular formula is C21H23N5O2. The van der Waals surface area contributed by atoms with Gasteiger partial charge in [-0.25, -0.2) is 4.99 Å². The summed E-state index contributed by atoms with van der Waals surface area (Å²) in [6.45, 7) is 1.72. The fraction of sp³-hybridized carbons (Fsp3) is 0.429. The molecule has 28 heavy (non-hydrogen) atoms. The molecule has 2 N–H and O–H groups in total. The molecule has 1 saturated heterocycles. The number of aromatic nitrogens is 2. The second-order valence-electron chi connectivity index (χ2n) is 7.89. The first kappa shape index (κ1) is 17.2. The van der Waals surface area contributed by atoms with Gasteiger partial charge in [0.1, 0.15) is 0 Å². The van der Waals surface area contributed by atoms with Crippen LogP contribution >= 0.6 is 0 Å². The van der Waals surface area contributed by atoms with Crippen LogP contribution in [0.4, 0.5) is 5.82 Å². The monoisotopic (exact) mass is 377 g/mol. The number of hydrogen-bond donors (Lipinski definition) is 2. The number of hydrogen-bond acceptors (Lipinski definition) is 4. The van der Waals surface area contributed by atoms with Crippen molar-refractivity contribution in [2.24, 2.45) is 10.9 Å². The lowest BCUT2D eigenvalue weighted by atomic mass is 9.87. The second-order valence-corrected chi connectivity index (χ2v) is 7.89. The van der Waals surface area contributed by atoms with E-state index in [-0.39, 0.29) is 23.8 Å². The number of H-pyrrole nitrogens is 1. The lowest BCUT2D eigenvalue weighted by Crippen LogP contribution is -2.46. The van der Waals surface area contributed by atoms with Crippen molar-refractivity contribution in [3.05, 3.63) is 47.7 Å². The quantitative estimate of drug-likeness (QED) is 0.840. The Hall–Kier alpha value is -2.96. The van der Waals surface area contributed by atoms with Crippen LogP contribution in [0.25, 0.3) is 0 Å². The summed E-state index contributed by atoms with van der Waals surface area (Å²) < 4.78 is 0. The minimum Gasteiger partial charge on any atom is -0.355 e. The molecule has 0 spiro atoms. The molecule has 1 saturated carbocycles. The molecular weight excluding hydrogens is 354 g/mol. The summed E-state index contributed by atoms with van der Waals surface area (Å²) in [5, 5.41) is 10.7. The molecule has 2 aliphatic carbocycles. The standard InChI is InChI=1S/C21H23N5O2/c27-20-11-16(15-3-1-2-4-17(15)23-20)21(28)22-14-7-9-26(10-8-14)19-12-18(24-25-19)13-5-6-13/h1-4,11-15H,5-10H2,(H,22,28)(H,24,25). The van der Waals surface area contributed by atoms with Crippen LogP contribution < -0.4 is 10.2 Å². The molecule has 7 nitrogen and oxygen atoms in total. The van der Waals surface area contributed by atoms with Gasteiger partial charge in [-0.3, -0.25) is 14.7 Å². The van der Waals surface area contributed by atoms with Crippen molar-refractivity contribution in [1.29, 1.82) is 0 Å². The van der Waals surface area contributed by atoms with Crippen LogP contribution in [0.3, 0.4) is 0 Å². The van der Waals surface area contributed by atoms with Crippen LogP contribution in [-0.4, -0.2) is 46.9 Å². The number of aromatic amines is 1. The molecule has 3 heterocycles. The predicted molar refractivity (Wildman–Crippen MR) is 106 cm³/mol. The SMILES string of the molecule is O=C1C=C(C(=O)NC2CCN(c3cc(C4CC4)[nH]n3)CC2)C2C=CC=CC2=N1. The summed E-state index contributed by atoms with van der Waals surface area (Å²) in [5.74, 6) is 0.915. The zero-order chi connectivity index (χ0) is 19.1. The molecule has 144 valence electrons. The van der Waals surface area contributed by atoms with E-state index < -0.39 is 0 Å². The van der Waals surface area contributed by atoms with Crippen LogP contribution in [0.1, 0.15) is 37.3 Å². The third kappa shape index (κ3) is 3.32. The smallest absolute Gasteiger partial charge is 0.270 e. The number of anilines is 1. The lowest BCUT2D eigenvalue weighted by Gasteiger charge is -2.33. The normalized spacial score (nSPS) is 24.6. The first-order chi connectivity index (χ1) is 13.7. The van der Waals surface area contributed by atoms with Gasteiger partial charge in [-0.2, -0.15) is 5.10 Å². The molecule has 7 heteroatoms. The van der Waals surface area contributed by atoms with Gasteiger partial charge in [-0.1, -0.05) is 18.2 Å². The van der Waals surface area contributed by atoms with E-state index in [0.717, 1.165) is 31.7 Å². The van der Waals surface area contributed by atoms with Gasteiger partial charge < -0.3 is 10.2 Å². The summed E-state index contributed by atoms with van der Waals surface area (Å²) in [4.78, 5) is 31.0. The number of carbonyl (C=O) groups excluding carboxylic acids is 2. The topological polar surface area (TPSA) is 90.5 Å². The summed E-state index contributed by atoms with van der Waals surface area (Å²) >= 11 is 0. The van der Waals surface area contributed by atoms with Crippen molar-refractivity contribution in [2.75, 3.05) is 18.0 Å². The Labute approximate surface area is 163 Å². The Bertz CT molecular complexity index is 926. The molecule has 0 radical (unpaired) electrons. The predicted octanol–water partition coefficient (Wildman–Crippen LogP) is 2.02. The lowest BCUT2D eigenvalue weighted by molar-refractivity contribution is -0.119. The summed E-state index contributed by atoms with van der Waals surface area (Å²) in [5.41, 5.74) is 2.37. The third-order valence-electron chi connectivity index (χ3n) is 5.87. The highest BCUT2D eigenvalue weighted by molar-refractivity contribution is 6.18. The first-order valence-corrected chi connectivity index (χ1v) is 9.97. The van der Waals surface area contributed by atoms with E-state index in [9.17, 15) is 9.59 Å². The summed E-state index contributed by atoms with van der Waals surface area (Å²) in [7, 11) is 0. The average Bonchev–Trinajstić information content (AvgIpc) is 3.45. The number of fused-ring (bicyclic) bond motifs is 1. The Balaban J connectivity index is 1.19. The van der Waals surface area contributed by atoms with Crippen LogP contribution in [0, 0.1) is 5.92 Å². The average molecular weight is 377 g/mol. The van der Waals surface area contributed by atoms with E-state index in [1.54, 1.807) is 6.08 Å². The largest absolute Gasteiger partial charge is 0.355 e. The molecule has 4 aliphatic rings. The summed E-state index contributed by atoms with van der Waals surface area (Å²) in [6.07, 6.45) is 13.0. The minimum atomic E-state index is -0.365. The molecule has 2 amide bonds. The van der Waals surface area contributed by atoms with Crippen molar-refractivity contribution in [1.82, 2.24) is 15.5 Å². The van der Waals surface area contributed by atoms with E-state index >= 15 is 0 Å². The zero-order valence-electron chi connectivity index (χ0n) is 15.6. The number of amides is 2.